The van der Waals surface area contributed by atoms with Crippen LogP contribution in [0.1, 0.15) is 23.2 Å². The summed E-state index contributed by atoms with van der Waals surface area (Å²) in [6.45, 7) is 4.09. The topological polar surface area (TPSA) is 98.3 Å². The number of amides is 1. The van der Waals surface area contributed by atoms with E-state index in [0.717, 1.165) is 37.6 Å². The Kier molecular flexibility index (Phi) is 7.33. The lowest BCUT2D eigenvalue weighted by Crippen LogP contribution is -2.49. The Bertz CT molecular complexity index is 916. The van der Waals surface area contributed by atoms with E-state index >= 15 is 0 Å². The van der Waals surface area contributed by atoms with Crippen LogP contribution in [0.3, 0.4) is 0 Å². The number of carbonyl (C=O) groups is 1. The van der Waals surface area contributed by atoms with E-state index in [1.54, 1.807) is 12.1 Å². The van der Waals surface area contributed by atoms with Crippen LogP contribution < -0.4 is 24.4 Å². The summed E-state index contributed by atoms with van der Waals surface area (Å²) in [5, 5.41) is 11.9. The van der Waals surface area contributed by atoms with Gasteiger partial charge in [0.15, 0.2) is 17.3 Å². The zero-order valence-electron chi connectivity index (χ0n) is 19.4. The lowest BCUT2D eigenvalue weighted by molar-refractivity contribution is 0.0745. The van der Waals surface area contributed by atoms with Gasteiger partial charge in [-0.25, -0.2) is 0 Å². The molecule has 2 aromatic rings. The van der Waals surface area contributed by atoms with Crippen LogP contribution in [0.2, 0.25) is 0 Å². The normalized spacial score (nSPS) is 18.2. The van der Waals surface area contributed by atoms with Crippen LogP contribution in [-0.4, -0.2) is 87.8 Å². The maximum Gasteiger partial charge on any atom is 0.254 e. The lowest BCUT2D eigenvalue weighted by Gasteiger charge is -2.35. The number of nitrogens with one attached hydrogen (secondary N) is 1. The van der Waals surface area contributed by atoms with Crippen molar-refractivity contribution < 1.29 is 23.7 Å². The smallest absolute Gasteiger partial charge is 0.254 e. The van der Waals surface area contributed by atoms with Crippen LogP contribution in [0.25, 0.3) is 0 Å². The predicted molar refractivity (Wildman–Crippen MR) is 124 cm³/mol. The lowest BCUT2D eigenvalue weighted by atomic mass is 10.1. The fourth-order valence-electron chi connectivity index (χ4n) is 4.14. The van der Waals surface area contributed by atoms with E-state index in [9.17, 15) is 4.79 Å². The van der Waals surface area contributed by atoms with Gasteiger partial charge in [0.1, 0.15) is 5.82 Å². The number of aromatic nitrogens is 2. The zero-order valence-corrected chi connectivity index (χ0v) is 19.4. The Hall–Kier alpha value is -3.27. The molecule has 0 spiro atoms. The number of benzene rings is 1. The summed E-state index contributed by atoms with van der Waals surface area (Å²) < 4.78 is 21.7. The zero-order chi connectivity index (χ0) is 23.2. The summed E-state index contributed by atoms with van der Waals surface area (Å²) in [4.78, 5) is 17.1. The molecule has 2 saturated heterocycles. The number of methoxy groups -OCH3 is 3. The Morgan fingerprint density at radius 2 is 1.79 bits per heavy atom. The molecule has 33 heavy (non-hydrogen) atoms. The molecule has 0 aliphatic carbocycles. The maximum absolute atomic E-state index is 13.1. The molecular weight excluding hydrogens is 426 g/mol. The summed E-state index contributed by atoms with van der Waals surface area (Å²) in [7, 11) is 4.61. The predicted octanol–water partition coefficient (Wildman–Crippen LogP) is 2.06. The second-order valence-electron chi connectivity index (χ2n) is 7.99. The first-order chi connectivity index (χ1) is 16.1. The van der Waals surface area contributed by atoms with Crippen LogP contribution in [0, 0.1) is 0 Å². The Balaban J connectivity index is 1.34. The fourth-order valence-corrected chi connectivity index (χ4v) is 4.14. The molecule has 178 valence electrons. The van der Waals surface area contributed by atoms with E-state index in [1.807, 2.05) is 17.0 Å². The number of hydrogen-bond donors (Lipinski definition) is 1. The highest BCUT2D eigenvalue weighted by Crippen LogP contribution is 2.38. The molecule has 1 N–H and O–H groups in total. The number of anilines is 2. The van der Waals surface area contributed by atoms with E-state index in [2.05, 4.69) is 20.4 Å². The minimum absolute atomic E-state index is 0.0753. The van der Waals surface area contributed by atoms with Crippen molar-refractivity contribution in [2.24, 2.45) is 0 Å². The van der Waals surface area contributed by atoms with Gasteiger partial charge in [0.2, 0.25) is 5.75 Å². The summed E-state index contributed by atoms with van der Waals surface area (Å²) in [5.74, 6) is 2.86. The molecule has 4 rings (SSSR count). The third-order valence-electron chi connectivity index (χ3n) is 5.99. The van der Waals surface area contributed by atoms with Gasteiger partial charge in [0.05, 0.1) is 27.4 Å². The molecule has 3 heterocycles. The summed E-state index contributed by atoms with van der Waals surface area (Å²) in [6, 6.07) is 7.26. The largest absolute Gasteiger partial charge is 0.493 e. The molecule has 0 saturated carbocycles. The van der Waals surface area contributed by atoms with Gasteiger partial charge in [-0.3, -0.25) is 4.79 Å². The van der Waals surface area contributed by atoms with Crippen LogP contribution in [-0.2, 0) is 4.74 Å². The van der Waals surface area contributed by atoms with Crippen molar-refractivity contribution in [3.8, 4) is 17.2 Å². The monoisotopic (exact) mass is 457 g/mol. The first-order valence-corrected chi connectivity index (χ1v) is 11.2. The fraction of sp³-hybridized carbons (Fsp3) is 0.522. The highest BCUT2D eigenvalue weighted by atomic mass is 16.5. The van der Waals surface area contributed by atoms with Gasteiger partial charge in [-0.2, -0.15) is 0 Å². The average molecular weight is 458 g/mol. The molecule has 0 unspecified atom stereocenters. The minimum atomic E-state index is -0.0753. The van der Waals surface area contributed by atoms with Crippen molar-refractivity contribution in [1.29, 1.82) is 0 Å². The molecule has 1 atom stereocenters. The van der Waals surface area contributed by atoms with Crippen molar-refractivity contribution >= 4 is 17.5 Å². The minimum Gasteiger partial charge on any atom is -0.493 e. The van der Waals surface area contributed by atoms with Gasteiger partial charge in [0, 0.05) is 44.9 Å². The Labute approximate surface area is 193 Å². The third kappa shape index (κ3) is 5.22. The van der Waals surface area contributed by atoms with Crippen molar-refractivity contribution in [2.75, 3.05) is 70.9 Å². The molecule has 10 nitrogen and oxygen atoms in total. The van der Waals surface area contributed by atoms with Gasteiger partial charge in [0.25, 0.3) is 5.91 Å². The van der Waals surface area contributed by atoms with Crippen LogP contribution in [0.5, 0.6) is 17.2 Å². The third-order valence-corrected chi connectivity index (χ3v) is 5.99. The molecule has 2 aliphatic heterocycles. The molecular formula is C23H31N5O5. The highest BCUT2D eigenvalue weighted by molar-refractivity contribution is 5.95. The molecule has 1 amide bonds. The number of nitrogens with zero attached hydrogens (tertiary/aromatic N) is 4. The van der Waals surface area contributed by atoms with E-state index < -0.39 is 0 Å². The van der Waals surface area contributed by atoms with Gasteiger partial charge < -0.3 is 34.1 Å². The number of piperazine rings is 1. The molecule has 0 radical (unpaired) electrons. The first-order valence-electron chi connectivity index (χ1n) is 11.2. The average Bonchev–Trinajstić information content (AvgIpc) is 3.40. The highest BCUT2D eigenvalue weighted by Gasteiger charge is 2.25. The van der Waals surface area contributed by atoms with E-state index in [4.69, 9.17) is 18.9 Å². The van der Waals surface area contributed by atoms with Crippen molar-refractivity contribution in [3.05, 3.63) is 29.8 Å². The standard InChI is InChI=1S/C23H31N5O5/c1-30-18-13-16(14-19(31-2)22(18)32-3)23(29)28-10-8-27(9-11-28)21-7-6-20(25-26-21)24-15-17-5-4-12-33-17/h6-7,13-14,17H,4-5,8-12,15H2,1-3H3,(H,24,25)/t17-/m1/s1. The Morgan fingerprint density at radius 1 is 1.06 bits per heavy atom. The van der Waals surface area contributed by atoms with E-state index in [0.29, 0.717) is 49.0 Å². The molecule has 2 aliphatic rings. The van der Waals surface area contributed by atoms with Crippen molar-refractivity contribution in [2.45, 2.75) is 18.9 Å². The number of rotatable bonds is 8. The number of hydrogen-bond acceptors (Lipinski definition) is 9. The maximum atomic E-state index is 13.1. The van der Waals surface area contributed by atoms with E-state index in [1.165, 1.54) is 21.3 Å². The number of ether oxygens (including phenoxy) is 4. The molecule has 1 aromatic carbocycles. The summed E-state index contributed by atoms with van der Waals surface area (Å²) in [5.41, 5.74) is 0.499. The first kappa shape index (κ1) is 22.9. The molecule has 0 bridgehead atoms. The Morgan fingerprint density at radius 3 is 2.33 bits per heavy atom. The molecule has 2 fully saturated rings. The second-order valence-corrected chi connectivity index (χ2v) is 7.99. The van der Waals surface area contributed by atoms with Gasteiger partial charge >= 0.3 is 0 Å². The summed E-state index contributed by atoms with van der Waals surface area (Å²) >= 11 is 0. The van der Waals surface area contributed by atoms with Gasteiger partial charge in [-0.05, 0) is 37.1 Å². The second kappa shape index (κ2) is 10.6. The van der Waals surface area contributed by atoms with Crippen LogP contribution >= 0.6 is 0 Å². The molecule has 1 aromatic heterocycles. The quantitative estimate of drug-likeness (QED) is 0.639. The van der Waals surface area contributed by atoms with Gasteiger partial charge in [-0.15, -0.1) is 10.2 Å². The van der Waals surface area contributed by atoms with Crippen LogP contribution in [0.15, 0.2) is 24.3 Å². The van der Waals surface area contributed by atoms with E-state index in [-0.39, 0.29) is 12.0 Å². The SMILES string of the molecule is COc1cc(C(=O)N2CCN(c3ccc(NC[C@H]4CCCO4)nn3)CC2)cc(OC)c1OC. The van der Waals surface area contributed by atoms with Gasteiger partial charge in [-0.1, -0.05) is 0 Å². The van der Waals surface area contributed by atoms with Crippen molar-refractivity contribution in [3.63, 3.8) is 0 Å². The summed E-state index contributed by atoms with van der Waals surface area (Å²) in [6.07, 6.45) is 2.45. The number of carbonyl (C=O) groups excluding carboxylic acids is 1. The van der Waals surface area contributed by atoms with Crippen molar-refractivity contribution in [1.82, 2.24) is 15.1 Å². The molecule has 10 heteroatoms. The van der Waals surface area contributed by atoms with Crippen LogP contribution in [0.4, 0.5) is 11.6 Å².